The summed E-state index contributed by atoms with van der Waals surface area (Å²) in [5.74, 6) is -0.464. The molecule has 4 aromatic rings. The van der Waals surface area contributed by atoms with E-state index in [4.69, 9.17) is 23.2 Å². The summed E-state index contributed by atoms with van der Waals surface area (Å²) in [5.41, 5.74) is 6.42. The Labute approximate surface area is 231 Å². The predicted octanol–water partition coefficient (Wildman–Crippen LogP) is 5.61. The minimum atomic E-state index is -3.84. The molecule has 10 heteroatoms. The number of amides is 1. The lowest BCUT2D eigenvalue weighted by molar-refractivity contribution is -0.124. The van der Waals surface area contributed by atoms with Gasteiger partial charge in [0.05, 0.1) is 11.1 Å². The number of halogens is 2. The number of carbonyl (C=O) groups excluding carboxylic acids is 1. The van der Waals surface area contributed by atoms with Gasteiger partial charge < -0.3 is 4.57 Å². The second kappa shape index (κ2) is 10.9. The van der Waals surface area contributed by atoms with Gasteiger partial charge in [0.1, 0.15) is 6.04 Å². The molecule has 1 aliphatic heterocycles. The van der Waals surface area contributed by atoms with Crippen LogP contribution in [0.2, 0.25) is 10.0 Å². The highest BCUT2D eigenvalue weighted by Crippen LogP contribution is 2.28. The van der Waals surface area contributed by atoms with Crippen molar-refractivity contribution in [1.82, 2.24) is 14.3 Å². The zero-order valence-electron chi connectivity index (χ0n) is 20.6. The molecule has 1 aliphatic rings. The maximum Gasteiger partial charge on any atom is 0.258 e. The number of nitrogens with one attached hydrogen (secondary N) is 1. The quantitative estimate of drug-likeness (QED) is 0.232. The number of hydrazone groups is 1. The Morgan fingerprint density at radius 2 is 1.76 bits per heavy atom. The third kappa shape index (κ3) is 5.09. The van der Waals surface area contributed by atoms with Crippen molar-refractivity contribution in [1.29, 1.82) is 0 Å². The smallest absolute Gasteiger partial charge is 0.258 e. The van der Waals surface area contributed by atoms with Crippen LogP contribution in [0, 0.1) is 6.92 Å². The molecule has 38 heavy (non-hydrogen) atoms. The fraction of sp³-hybridized carbons (Fsp3) is 0.214. The van der Waals surface area contributed by atoms with E-state index in [9.17, 15) is 13.2 Å². The third-order valence-corrected chi connectivity index (χ3v) is 9.40. The summed E-state index contributed by atoms with van der Waals surface area (Å²) in [4.78, 5) is 13.1. The molecule has 0 bridgehead atoms. The highest BCUT2D eigenvalue weighted by Gasteiger charge is 2.39. The number of benzene rings is 3. The topological polar surface area (TPSA) is 83.8 Å². The molecule has 0 spiro atoms. The first-order chi connectivity index (χ1) is 18.3. The molecule has 1 atom stereocenters. The lowest BCUT2D eigenvalue weighted by Crippen LogP contribution is -2.44. The molecule has 1 fully saturated rings. The standard InChI is InChI=1S/C28H26Cl2N4O3S/c1-19-24(23-8-3-5-10-26(23)33(19)18-20-7-2-4-9-25(20)30)17-31-32-28(35)27-11-6-16-34(27)38(36,37)22-14-12-21(29)13-15-22/h2-5,7-10,12-15,17,27H,6,11,16,18H2,1H3,(H,32,35)/b31-17-/t27-/m1/s1. The van der Waals surface area contributed by atoms with Gasteiger partial charge in [0.2, 0.25) is 10.0 Å². The van der Waals surface area contributed by atoms with Gasteiger partial charge in [-0.25, -0.2) is 13.8 Å². The van der Waals surface area contributed by atoms with E-state index in [0.717, 1.165) is 27.7 Å². The molecule has 1 amide bonds. The van der Waals surface area contributed by atoms with Gasteiger partial charge >= 0.3 is 0 Å². The van der Waals surface area contributed by atoms with E-state index in [1.807, 2.05) is 55.5 Å². The van der Waals surface area contributed by atoms with Gasteiger partial charge in [-0.3, -0.25) is 4.79 Å². The van der Waals surface area contributed by atoms with Crippen molar-refractivity contribution in [2.24, 2.45) is 5.10 Å². The molecule has 1 aromatic heterocycles. The Kier molecular flexibility index (Phi) is 7.59. The molecule has 0 aliphatic carbocycles. The first kappa shape index (κ1) is 26.4. The number of para-hydroxylation sites is 1. The zero-order chi connectivity index (χ0) is 26.9. The number of rotatable bonds is 7. The number of hydrogen-bond acceptors (Lipinski definition) is 4. The monoisotopic (exact) mass is 568 g/mol. The van der Waals surface area contributed by atoms with Crippen LogP contribution in [0.15, 0.2) is 82.8 Å². The summed E-state index contributed by atoms with van der Waals surface area (Å²) in [6, 6.07) is 20.8. The van der Waals surface area contributed by atoms with Gasteiger partial charge in [0.15, 0.2) is 0 Å². The minimum absolute atomic E-state index is 0.104. The molecule has 0 saturated carbocycles. The van der Waals surface area contributed by atoms with Gasteiger partial charge in [-0.15, -0.1) is 0 Å². The third-order valence-electron chi connectivity index (χ3n) is 6.86. The van der Waals surface area contributed by atoms with Crippen molar-refractivity contribution >= 4 is 56.2 Å². The number of fused-ring (bicyclic) bond motifs is 1. The molecule has 1 N–H and O–H groups in total. The van der Waals surface area contributed by atoms with E-state index < -0.39 is 22.0 Å². The number of nitrogens with zero attached hydrogens (tertiary/aromatic N) is 3. The van der Waals surface area contributed by atoms with Crippen LogP contribution in [0.5, 0.6) is 0 Å². The van der Waals surface area contributed by atoms with Gasteiger partial charge in [-0.05, 0) is 61.7 Å². The van der Waals surface area contributed by atoms with Gasteiger partial charge in [0, 0.05) is 45.3 Å². The zero-order valence-corrected chi connectivity index (χ0v) is 23.0. The molecule has 0 radical (unpaired) electrons. The Hall–Kier alpha value is -3.17. The van der Waals surface area contributed by atoms with E-state index >= 15 is 0 Å². The predicted molar refractivity (Wildman–Crippen MR) is 151 cm³/mol. The first-order valence-corrected chi connectivity index (χ1v) is 14.4. The van der Waals surface area contributed by atoms with E-state index in [1.165, 1.54) is 28.6 Å². The maximum atomic E-state index is 13.2. The number of sulfonamides is 1. The molecule has 0 unspecified atom stereocenters. The number of hydrogen-bond donors (Lipinski definition) is 1. The Morgan fingerprint density at radius 3 is 2.53 bits per heavy atom. The second-order valence-electron chi connectivity index (χ2n) is 9.16. The van der Waals surface area contributed by atoms with E-state index in [1.54, 1.807) is 6.21 Å². The number of carbonyl (C=O) groups is 1. The van der Waals surface area contributed by atoms with Crippen LogP contribution >= 0.6 is 23.2 Å². The van der Waals surface area contributed by atoms with Crippen molar-refractivity contribution in [3.05, 3.63) is 99.7 Å². The average Bonchev–Trinajstić information content (AvgIpc) is 3.51. The fourth-order valence-electron chi connectivity index (χ4n) is 4.89. The van der Waals surface area contributed by atoms with Crippen LogP contribution in [0.1, 0.15) is 29.7 Å². The average molecular weight is 570 g/mol. The largest absolute Gasteiger partial charge is 0.340 e. The van der Waals surface area contributed by atoms with Gasteiger partial charge in [-0.2, -0.15) is 9.41 Å². The molecule has 196 valence electrons. The molecule has 5 rings (SSSR count). The van der Waals surface area contributed by atoms with Crippen LogP contribution in [0.25, 0.3) is 10.9 Å². The van der Waals surface area contributed by atoms with Crippen molar-refractivity contribution in [2.75, 3.05) is 6.54 Å². The lowest BCUT2D eigenvalue weighted by atomic mass is 10.1. The van der Waals surface area contributed by atoms with Crippen LogP contribution in [0.4, 0.5) is 0 Å². The van der Waals surface area contributed by atoms with Crippen LogP contribution in [-0.2, 0) is 21.4 Å². The summed E-state index contributed by atoms with van der Waals surface area (Å²) in [6.45, 7) is 2.85. The summed E-state index contributed by atoms with van der Waals surface area (Å²) >= 11 is 12.3. The van der Waals surface area contributed by atoms with Crippen LogP contribution < -0.4 is 5.43 Å². The SMILES string of the molecule is Cc1c(/C=N\NC(=O)[C@H]2CCCN2S(=O)(=O)c2ccc(Cl)cc2)c2ccccc2n1Cc1ccccc1Cl. The normalized spacial score (nSPS) is 16.4. The van der Waals surface area contributed by atoms with Crippen LogP contribution in [0.3, 0.4) is 0 Å². The second-order valence-corrected chi connectivity index (χ2v) is 11.9. The summed E-state index contributed by atoms with van der Waals surface area (Å²) in [6.07, 6.45) is 2.62. The minimum Gasteiger partial charge on any atom is -0.340 e. The van der Waals surface area contributed by atoms with Crippen LogP contribution in [-0.4, -0.2) is 42.0 Å². The summed E-state index contributed by atoms with van der Waals surface area (Å²) < 4.78 is 29.8. The Bertz CT molecular complexity index is 1630. The lowest BCUT2D eigenvalue weighted by Gasteiger charge is -2.22. The van der Waals surface area contributed by atoms with E-state index in [2.05, 4.69) is 15.1 Å². The highest BCUT2D eigenvalue weighted by molar-refractivity contribution is 7.89. The Balaban J connectivity index is 1.37. The number of aromatic nitrogens is 1. The maximum absolute atomic E-state index is 13.2. The van der Waals surface area contributed by atoms with Crippen molar-refractivity contribution in [3.63, 3.8) is 0 Å². The molecule has 1 saturated heterocycles. The molecule has 3 aromatic carbocycles. The molecule has 2 heterocycles. The van der Waals surface area contributed by atoms with Crippen molar-refractivity contribution < 1.29 is 13.2 Å². The molecular weight excluding hydrogens is 543 g/mol. The van der Waals surface area contributed by atoms with E-state index in [-0.39, 0.29) is 11.4 Å². The highest BCUT2D eigenvalue weighted by atomic mass is 35.5. The summed E-state index contributed by atoms with van der Waals surface area (Å²) in [7, 11) is -3.84. The van der Waals surface area contributed by atoms with Crippen molar-refractivity contribution in [2.45, 2.75) is 37.2 Å². The Morgan fingerprint density at radius 1 is 1.05 bits per heavy atom. The molecule has 7 nitrogen and oxygen atoms in total. The van der Waals surface area contributed by atoms with E-state index in [0.29, 0.717) is 29.4 Å². The van der Waals surface area contributed by atoms with Gasteiger partial charge in [0.25, 0.3) is 5.91 Å². The fourth-order valence-corrected chi connectivity index (χ4v) is 6.87. The van der Waals surface area contributed by atoms with Crippen molar-refractivity contribution in [3.8, 4) is 0 Å². The molecular formula is C28H26Cl2N4O3S. The van der Waals surface area contributed by atoms with Gasteiger partial charge in [-0.1, -0.05) is 59.6 Å². The summed E-state index contributed by atoms with van der Waals surface area (Å²) in [5, 5.41) is 6.36. The first-order valence-electron chi connectivity index (χ1n) is 12.2.